The number of amides is 1. The fourth-order valence-electron chi connectivity index (χ4n) is 2.72. The lowest BCUT2D eigenvalue weighted by molar-refractivity contribution is -0.142. The van der Waals surface area contributed by atoms with Crippen molar-refractivity contribution in [1.82, 2.24) is 4.90 Å². The summed E-state index contributed by atoms with van der Waals surface area (Å²) in [6, 6.07) is 8.70. The van der Waals surface area contributed by atoms with Crippen LogP contribution in [0.25, 0.3) is 0 Å². The van der Waals surface area contributed by atoms with Crippen molar-refractivity contribution >= 4 is 11.9 Å². The Morgan fingerprint density at radius 1 is 1.48 bits per heavy atom. The lowest BCUT2D eigenvalue weighted by Crippen LogP contribution is -2.45. The predicted octanol–water partition coefficient (Wildman–Crippen LogP) is 1.81. The van der Waals surface area contributed by atoms with Gasteiger partial charge in [-0.3, -0.25) is 9.59 Å². The Labute approximate surface area is 146 Å². The van der Waals surface area contributed by atoms with E-state index in [0.717, 1.165) is 12.8 Å². The van der Waals surface area contributed by atoms with Crippen LogP contribution in [0, 0.1) is 11.3 Å². The largest absolute Gasteiger partial charge is 0.481 e. The highest BCUT2D eigenvalue weighted by Gasteiger charge is 2.27. The van der Waals surface area contributed by atoms with Gasteiger partial charge in [0.05, 0.1) is 18.1 Å². The van der Waals surface area contributed by atoms with Gasteiger partial charge in [0.2, 0.25) is 0 Å². The minimum Gasteiger partial charge on any atom is -0.481 e. The van der Waals surface area contributed by atoms with Gasteiger partial charge in [0.25, 0.3) is 5.91 Å². The molecule has 1 N–H and O–H groups in total. The van der Waals surface area contributed by atoms with Crippen LogP contribution >= 0.6 is 0 Å². The molecule has 0 spiro atoms. The molecule has 25 heavy (non-hydrogen) atoms. The number of benzene rings is 1. The van der Waals surface area contributed by atoms with Crippen LogP contribution < -0.4 is 4.74 Å². The molecule has 7 heteroatoms. The molecule has 0 unspecified atom stereocenters. The molecular weight excluding hydrogens is 324 g/mol. The fraction of sp³-hybridized carbons (Fsp3) is 0.500. The number of aliphatic carboxylic acids is 1. The van der Waals surface area contributed by atoms with Gasteiger partial charge in [-0.15, -0.1) is 0 Å². The van der Waals surface area contributed by atoms with Gasteiger partial charge in [-0.05, 0) is 31.9 Å². The first-order valence-electron chi connectivity index (χ1n) is 8.29. The molecule has 1 aliphatic rings. The van der Waals surface area contributed by atoms with E-state index in [1.807, 2.05) is 6.07 Å². The van der Waals surface area contributed by atoms with Crippen LogP contribution in [-0.4, -0.2) is 53.8 Å². The molecule has 0 saturated carbocycles. The Balaban J connectivity index is 2.04. The highest BCUT2D eigenvalue weighted by Crippen LogP contribution is 2.20. The molecular formula is C18H22N2O5. The number of nitrogens with zero attached hydrogens (tertiary/aromatic N) is 2. The fourth-order valence-corrected chi connectivity index (χ4v) is 2.72. The summed E-state index contributed by atoms with van der Waals surface area (Å²) in [7, 11) is 0. The molecule has 0 aliphatic carbocycles. The number of hydrogen-bond acceptors (Lipinski definition) is 5. The summed E-state index contributed by atoms with van der Waals surface area (Å²) >= 11 is 0. The first-order chi connectivity index (χ1) is 12.0. The van der Waals surface area contributed by atoms with E-state index in [-0.39, 0.29) is 25.0 Å². The quantitative estimate of drug-likeness (QED) is 0.770. The Kier molecular flexibility index (Phi) is 6.78. The van der Waals surface area contributed by atoms with E-state index < -0.39 is 12.1 Å². The molecule has 1 saturated heterocycles. The van der Waals surface area contributed by atoms with Crippen LogP contribution in [0.15, 0.2) is 24.3 Å². The van der Waals surface area contributed by atoms with E-state index in [4.69, 9.17) is 19.8 Å². The standard InChI is InChI=1S/C18H22N2O5/c1-13(25-16-7-3-2-5-14(16)11-19)18(23)20(9-8-17(21)22)12-15-6-4-10-24-15/h2-3,5,7,13,15H,4,6,8-10,12H2,1H3,(H,21,22)/t13-,15-/m1/s1. The highest BCUT2D eigenvalue weighted by atomic mass is 16.5. The molecule has 2 atom stereocenters. The summed E-state index contributed by atoms with van der Waals surface area (Å²) in [5.41, 5.74) is 0.346. The Hall–Kier alpha value is -2.59. The number of ether oxygens (including phenoxy) is 2. The first-order valence-corrected chi connectivity index (χ1v) is 8.29. The zero-order valence-corrected chi connectivity index (χ0v) is 14.2. The van der Waals surface area contributed by atoms with Gasteiger partial charge in [-0.25, -0.2) is 0 Å². The van der Waals surface area contributed by atoms with E-state index in [9.17, 15) is 9.59 Å². The number of para-hydroxylation sites is 1. The second-order valence-corrected chi connectivity index (χ2v) is 5.93. The lowest BCUT2D eigenvalue weighted by Gasteiger charge is -2.28. The van der Waals surface area contributed by atoms with Gasteiger partial charge >= 0.3 is 5.97 Å². The van der Waals surface area contributed by atoms with Gasteiger partial charge in [-0.2, -0.15) is 5.26 Å². The number of carbonyl (C=O) groups is 2. The van der Waals surface area contributed by atoms with Gasteiger partial charge in [0.1, 0.15) is 11.8 Å². The molecule has 1 heterocycles. The van der Waals surface area contributed by atoms with Crippen molar-refractivity contribution in [1.29, 1.82) is 5.26 Å². The van der Waals surface area contributed by atoms with E-state index in [1.54, 1.807) is 31.2 Å². The van der Waals surface area contributed by atoms with Crippen LogP contribution in [0.1, 0.15) is 31.7 Å². The third kappa shape index (κ3) is 5.47. The molecule has 2 rings (SSSR count). The third-order valence-electron chi connectivity index (χ3n) is 4.01. The van der Waals surface area contributed by atoms with E-state index in [1.165, 1.54) is 4.90 Å². The van der Waals surface area contributed by atoms with Crippen molar-refractivity contribution in [2.45, 2.75) is 38.4 Å². The van der Waals surface area contributed by atoms with Crippen molar-refractivity contribution in [3.63, 3.8) is 0 Å². The summed E-state index contributed by atoms with van der Waals surface area (Å²) in [5, 5.41) is 18.0. The number of carboxylic acid groups (broad SMARTS) is 1. The van der Waals surface area contributed by atoms with Gasteiger partial charge in [-0.1, -0.05) is 12.1 Å². The molecule has 7 nitrogen and oxygen atoms in total. The Morgan fingerprint density at radius 2 is 2.24 bits per heavy atom. The lowest BCUT2D eigenvalue weighted by atomic mass is 10.2. The van der Waals surface area contributed by atoms with Crippen molar-refractivity contribution in [3.8, 4) is 11.8 Å². The van der Waals surface area contributed by atoms with Crippen molar-refractivity contribution < 1.29 is 24.2 Å². The summed E-state index contributed by atoms with van der Waals surface area (Å²) in [6.45, 7) is 2.70. The van der Waals surface area contributed by atoms with E-state index >= 15 is 0 Å². The summed E-state index contributed by atoms with van der Waals surface area (Å²) in [6.07, 6.45) is 0.748. The second kappa shape index (κ2) is 9.04. The molecule has 134 valence electrons. The normalized spacial score (nSPS) is 17.5. The molecule has 1 amide bonds. The second-order valence-electron chi connectivity index (χ2n) is 5.93. The highest BCUT2D eigenvalue weighted by molar-refractivity contribution is 5.81. The number of hydrogen-bond donors (Lipinski definition) is 1. The predicted molar refractivity (Wildman–Crippen MR) is 89.1 cm³/mol. The maximum Gasteiger partial charge on any atom is 0.305 e. The average Bonchev–Trinajstić information content (AvgIpc) is 3.11. The number of carbonyl (C=O) groups excluding carboxylic acids is 1. The van der Waals surface area contributed by atoms with Crippen molar-refractivity contribution in [3.05, 3.63) is 29.8 Å². The molecule has 1 fully saturated rings. The van der Waals surface area contributed by atoms with Crippen LogP contribution in [-0.2, 0) is 14.3 Å². The van der Waals surface area contributed by atoms with Crippen molar-refractivity contribution in [2.75, 3.05) is 19.7 Å². The summed E-state index contributed by atoms with van der Waals surface area (Å²) in [5.74, 6) is -0.945. The maximum atomic E-state index is 12.7. The molecule has 1 aliphatic heterocycles. The number of nitriles is 1. The smallest absolute Gasteiger partial charge is 0.305 e. The van der Waals surface area contributed by atoms with E-state index in [2.05, 4.69) is 0 Å². The topological polar surface area (TPSA) is 99.9 Å². The summed E-state index contributed by atoms with van der Waals surface area (Å²) in [4.78, 5) is 25.1. The van der Waals surface area contributed by atoms with Crippen LogP contribution in [0.5, 0.6) is 5.75 Å². The molecule has 1 aromatic rings. The maximum absolute atomic E-state index is 12.7. The molecule has 1 aromatic carbocycles. The molecule has 0 aromatic heterocycles. The number of carboxylic acids is 1. The van der Waals surface area contributed by atoms with Gasteiger partial charge in [0.15, 0.2) is 6.10 Å². The van der Waals surface area contributed by atoms with Gasteiger partial charge in [0, 0.05) is 19.7 Å². The molecule has 0 bridgehead atoms. The average molecular weight is 346 g/mol. The third-order valence-corrected chi connectivity index (χ3v) is 4.01. The van der Waals surface area contributed by atoms with Crippen molar-refractivity contribution in [2.24, 2.45) is 0 Å². The monoisotopic (exact) mass is 346 g/mol. The Bertz CT molecular complexity index is 649. The zero-order valence-electron chi connectivity index (χ0n) is 14.2. The number of rotatable bonds is 8. The SMILES string of the molecule is C[C@@H](Oc1ccccc1C#N)C(=O)N(CCC(=O)O)C[C@H]1CCCO1. The first kappa shape index (κ1) is 18.7. The van der Waals surface area contributed by atoms with Gasteiger partial charge < -0.3 is 19.5 Å². The minimum absolute atomic E-state index is 0.0728. The van der Waals surface area contributed by atoms with Crippen LogP contribution in [0.3, 0.4) is 0 Å². The van der Waals surface area contributed by atoms with Crippen LogP contribution in [0.2, 0.25) is 0 Å². The van der Waals surface area contributed by atoms with Crippen LogP contribution in [0.4, 0.5) is 0 Å². The zero-order chi connectivity index (χ0) is 18.2. The Morgan fingerprint density at radius 3 is 2.88 bits per heavy atom. The molecule has 0 radical (unpaired) electrons. The summed E-state index contributed by atoms with van der Waals surface area (Å²) < 4.78 is 11.2. The van der Waals surface area contributed by atoms with E-state index in [0.29, 0.717) is 24.5 Å². The minimum atomic E-state index is -0.964.